The first-order valence-corrected chi connectivity index (χ1v) is 9.94. The maximum atomic E-state index is 11.7. The molecule has 12 heteroatoms. The summed E-state index contributed by atoms with van der Waals surface area (Å²) < 4.78 is 0. The molecule has 1 rings (SSSR count). The molecule has 0 aromatic rings. The molecule has 1 heterocycles. The molecule has 0 radical (unpaired) electrons. The second kappa shape index (κ2) is 13.1. The minimum absolute atomic E-state index is 0.102. The lowest BCUT2D eigenvalue weighted by Gasteiger charge is -2.47. The molecule has 1 fully saturated rings. The molecule has 0 aromatic carbocycles. The lowest BCUT2D eigenvalue weighted by molar-refractivity contribution is -0.154. The van der Waals surface area contributed by atoms with Gasteiger partial charge in [-0.05, 0) is 32.5 Å². The number of hydrogen-bond acceptors (Lipinski definition) is 8. The summed E-state index contributed by atoms with van der Waals surface area (Å²) in [4.78, 5) is 47.8. The molecule has 0 aliphatic carbocycles. The van der Waals surface area contributed by atoms with E-state index in [1.54, 1.807) is 0 Å². The molecule has 1 aliphatic rings. The van der Waals surface area contributed by atoms with Crippen LogP contribution in [0.5, 0.6) is 0 Å². The second-order valence-electron chi connectivity index (χ2n) is 7.37. The van der Waals surface area contributed by atoms with Crippen LogP contribution in [0.15, 0.2) is 0 Å². The Hall–Kier alpha value is -2.28. The summed E-state index contributed by atoms with van der Waals surface area (Å²) in [6, 6.07) is -1.07. The van der Waals surface area contributed by atoms with Crippen molar-refractivity contribution < 1.29 is 39.6 Å². The summed E-state index contributed by atoms with van der Waals surface area (Å²) >= 11 is 0. The fourth-order valence-corrected chi connectivity index (χ4v) is 3.84. The lowest BCUT2D eigenvalue weighted by atomic mass is 9.79. The molecule has 0 spiro atoms. The highest BCUT2D eigenvalue weighted by atomic mass is 16.4. The predicted molar refractivity (Wildman–Crippen MR) is 105 cm³/mol. The summed E-state index contributed by atoms with van der Waals surface area (Å²) in [5.41, 5.74) is -1.73. The van der Waals surface area contributed by atoms with Crippen LogP contribution in [0.4, 0.5) is 0 Å². The molecule has 30 heavy (non-hydrogen) atoms. The molecule has 0 saturated carbocycles. The maximum absolute atomic E-state index is 11.7. The van der Waals surface area contributed by atoms with Crippen molar-refractivity contribution in [1.29, 1.82) is 0 Å². The molecule has 1 saturated heterocycles. The van der Waals surface area contributed by atoms with Crippen LogP contribution < -0.4 is 16.0 Å². The number of carboxylic acid groups (broad SMARTS) is 4. The number of hydrogen-bond donors (Lipinski definition) is 7. The Morgan fingerprint density at radius 3 is 1.83 bits per heavy atom. The van der Waals surface area contributed by atoms with Crippen molar-refractivity contribution in [3.05, 3.63) is 0 Å². The van der Waals surface area contributed by atoms with Crippen LogP contribution in [0.25, 0.3) is 0 Å². The predicted octanol–water partition coefficient (Wildman–Crippen LogP) is -1.53. The first-order chi connectivity index (χ1) is 14.2. The molecule has 0 bridgehead atoms. The smallest absolute Gasteiger partial charge is 0.317 e. The van der Waals surface area contributed by atoms with Gasteiger partial charge in [0.05, 0.1) is 31.3 Å². The number of aliphatic carboxylic acids is 4. The Bertz CT molecular complexity index is 551. The van der Waals surface area contributed by atoms with Gasteiger partial charge < -0.3 is 36.4 Å². The molecule has 1 aliphatic heterocycles. The van der Waals surface area contributed by atoms with Crippen LogP contribution in [0.1, 0.15) is 32.1 Å². The Morgan fingerprint density at radius 1 is 0.767 bits per heavy atom. The van der Waals surface area contributed by atoms with Gasteiger partial charge >= 0.3 is 23.9 Å². The zero-order valence-corrected chi connectivity index (χ0v) is 16.9. The zero-order chi connectivity index (χ0) is 22.6. The Labute approximate surface area is 174 Å². The largest absolute Gasteiger partial charge is 0.481 e. The van der Waals surface area contributed by atoms with Crippen molar-refractivity contribution in [2.45, 2.75) is 43.7 Å². The molecule has 7 N–H and O–H groups in total. The highest BCUT2D eigenvalue weighted by Crippen LogP contribution is 2.31. The van der Waals surface area contributed by atoms with Crippen molar-refractivity contribution in [3.8, 4) is 0 Å². The van der Waals surface area contributed by atoms with Crippen LogP contribution in [0, 0.1) is 0 Å². The van der Waals surface area contributed by atoms with Crippen molar-refractivity contribution in [2.24, 2.45) is 0 Å². The van der Waals surface area contributed by atoms with Crippen LogP contribution in [-0.4, -0.2) is 107 Å². The number of nitrogens with zero attached hydrogens (tertiary/aromatic N) is 1. The molecular formula is C18H32N4O8. The van der Waals surface area contributed by atoms with Gasteiger partial charge in [0, 0.05) is 25.7 Å². The van der Waals surface area contributed by atoms with E-state index >= 15 is 0 Å². The fraction of sp³-hybridized carbons (Fsp3) is 0.778. The first-order valence-electron chi connectivity index (χ1n) is 9.94. The van der Waals surface area contributed by atoms with E-state index in [9.17, 15) is 39.6 Å². The average molecular weight is 432 g/mol. The van der Waals surface area contributed by atoms with Gasteiger partial charge in [-0.25, -0.2) is 0 Å². The maximum Gasteiger partial charge on any atom is 0.317 e. The fourth-order valence-electron chi connectivity index (χ4n) is 3.84. The molecule has 172 valence electrons. The minimum atomic E-state index is -1.73. The normalized spacial score (nSPS) is 21.9. The van der Waals surface area contributed by atoms with Crippen LogP contribution in [-0.2, 0) is 19.2 Å². The van der Waals surface area contributed by atoms with E-state index < -0.39 is 61.3 Å². The standard InChI is InChI=1S/C18H32N4O8/c23-14(24)9-13-18(10-15(25)26,11-16(27)28)22(12-17(29)30)8-2-4-20-7-6-19-3-1-5-21-13/h13,19-21H,1-12H2,(H,23,24)(H,25,26)(H,27,28)(H,29,30). The van der Waals surface area contributed by atoms with Crippen LogP contribution in [0.2, 0.25) is 0 Å². The average Bonchev–Trinajstić information content (AvgIpc) is 2.61. The van der Waals surface area contributed by atoms with Crippen molar-refractivity contribution >= 4 is 23.9 Å². The van der Waals surface area contributed by atoms with E-state index in [0.717, 1.165) is 6.54 Å². The van der Waals surface area contributed by atoms with Gasteiger partial charge in [-0.3, -0.25) is 24.1 Å². The van der Waals surface area contributed by atoms with E-state index in [0.29, 0.717) is 39.0 Å². The van der Waals surface area contributed by atoms with Gasteiger partial charge in [0.15, 0.2) is 0 Å². The summed E-state index contributed by atoms with van der Waals surface area (Å²) in [5.74, 6) is -5.14. The van der Waals surface area contributed by atoms with Crippen molar-refractivity contribution in [2.75, 3.05) is 45.8 Å². The molecular weight excluding hydrogens is 400 g/mol. The monoisotopic (exact) mass is 432 g/mol. The first kappa shape index (κ1) is 25.8. The molecule has 1 unspecified atom stereocenters. The third kappa shape index (κ3) is 9.03. The van der Waals surface area contributed by atoms with E-state index in [2.05, 4.69) is 16.0 Å². The molecule has 12 nitrogen and oxygen atoms in total. The zero-order valence-electron chi connectivity index (χ0n) is 16.9. The highest BCUT2D eigenvalue weighted by molar-refractivity contribution is 5.76. The number of rotatable bonds is 8. The topological polar surface area (TPSA) is 189 Å². The van der Waals surface area contributed by atoms with E-state index in [1.807, 2.05) is 0 Å². The van der Waals surface area contributed by atoms with Crippen molar-refractivity contribution in [1.82, 2.24) is 20.9 Å². The SMILES string of the molecule is O=C(O)CC1NCCCNCCNCCCN(CC(=O)O)C1(CC(=O)O)CC(=O)O. The third-order valence-corrected chi connectivity index (χ3v) is 5.08. The number of nitrogens with one attached hydrogen (secondary N) is 3. The second-order valence-corrected chi connectivity index (χ2v) is 7.37. The third-order valence-electron chi connectivity index (χ3n) is 5.08. The van der Waals surface area contributed by atoms with E-state index in [-0.39, 0.29) is 6.54 Å². The highest BCUT2D eigenvalue weighted by Gasteiger charge is 2.48. The van der Waals surface area contributed by atoms with Crippen LogP contribution >= 0.6 is 0 Å². The number of carboxylic acids is 4. The quantitative estimate of drug-likeness (QED) is 0.235. The number of carbonyl (C=O) groups is 4. The van der Waals surface area contributed by atoms with E-state index in [1.165, 1.54) is 4.90 Å². The Balaban J connectivity index is 3.42. The summed E-state index contributed by atoms with van der Waals surface area (Å²) in [7, 11) is 0. The molecule has 0 amide bonds. The van der Waals surface area contributed by atoms with Gasteiger partial charge in [0.2, 0.25) is 0 Å². The van der Waals surface area contributed by atoms with E-state index in [4.69, 9.17) is 0 Å². The van der Waals surface area contributed by atoms with Gasteiger partial charge in [-0.1, -0.05) is 0 Å². The summed E-state index contributed by atoms with van der Waals surface area (Å²) in [6.07, 6.45) is -0.909. The van der Waals surface area contributed by atoms with Gasteiger partial charge in [-0.15, -0.1) is 0 Å². The minimum Gasteiger partial charge on any atom is -0.481 e. The Kier molecular flexibility index (Phi) is 11.3. The molecule has 0 aromatic heterocycles. The summed E-state index contributed by atoms with van der Waals surface area (Å²) in [5, 5.41) is 47.3. The molecule has 1 atom stereocenters. The van der Waals surface area contributed by atoms with Crippen LogP contribution in [0.3, 0.4) is 0 Å². The lowest BCUT2D eigenvalue weighted by Crippen LogP contribution is -2.65. The van der Waals surface area contributed by atoms with Gasteiger partial charge in [0.25, 0.3) is 0 Å². The summed E-state index contributed by atoms with van der Waals surface area (Å²) in [6.45, 7) is 2.41. The van der Waals surface area contributed by atoms with Crippen molar-refractivity contribution in [3.63, 3.8) is 0 Å². The van der Waals surface area contributed by atoms with Gasteiger partial charge in [-0.2, -0.15) is 0 Å². The Morgan fingerprint density at radius 2 is 1.33 bits per heavy atom. The van der Waals surface area contributed by atoms with Gasteiger partial charge in [0.1, 0.15) is 0 Å².